The van der Waals surface area contributed by atoms with Gasteiger partial charge in [-0.1, -0.05) is 6.07 Å². The highest BCUT2D eigenvalue weighted by Gasteiger charge is 2.22. The molecule has 0 saturated heterocycles. The van der Waals surface area contributed by atoms with Crippen molar-refractivity contribution >= 4 is 11.1 Å². The van der Waals surface area contributed by atoms with Crippen LogP contribution in [0.4, 0.5) is 0 Å². The Morgan fingerprint density at radius 2 is 2.30 bits per heavy atom. The van der Waals surface area contributed by atoms with Crippen molar-refractivity contribution < 1.29 is 4.42 Å². The Kier molecular flexibility index (Phi) is 2.44. The molecular formula is C15H16N4O. The number of aromatic nitrogens is 3. The predicted molar refractivity (Wildman–Crippen MR) is 76.2 cm³/mol. The Labute approximate surface area is 116 Å². The Hall–Kier alpha value is -2.14. The molecule has 102 valence electrons. The summed E-state index contributed by atoms with van der Waals surface area (Å²) in [7, 11) is 0. The van der Waals surface area contributed by atoms with Gasteiger partial charge in [-0.05, 0) is 30.5 Å². The number of benzene rings is 1. The van der Waals surface area contributed by atoms with Crippen LogP contribution in [0.2, 0.25) is 0 Å². The molecule has 0 saturated carbocycles. The van der Waals surface area contributed by atoms with E-state index in [2.05, 4.69) is 26.9 Å². The first kappa shape index (κ1) is 11.7. The third kappa shape index (κ3) is 1.59. The van der Waals surface area contributed by atoms with Crippen LogP contribution in [0.1, 0.15) is 23.7 Å². The van der Waals surface area contributed by atoms with E-state index in [1.54, 1.807) is 0 Å². The second-order valence-electron chi connectivity index (χ2n) is 5.21. The van der Waals surface area contributed by atoms with Gasteiger partial charge >= 0.3 is 0 Å². The average Bonchev–Trinajstić information content (AvgIpc) is 3.08. The van der Waals surface area contributed by atoms with Crippen LogP contribution in [-0.4, -0.2) is 14.8 Å². The largest absolute Gasteiger partial charge is 0.441 e. The molecule has 0 unspecified atom stereocenters. The summed E-state index contributed by atoms with van der Waals surface area (Å²) in [6.07, 6.45) is 2.23. The molecule has 5 nitrogen and oxygen atoms in total. The minimum absolute atomic E-state index is 0.464. The second-order valence-corrected chi connectivity index (χ2v) is 5.21. The average molecular weight is 268 g/mol. The highest BCUT2D eigenvalue weighted by atomic mass is 16.3. The molecule has 0 bridgehead atoms. The Morgan fingerprint density at radius 1 is 1.40 bits per heavy atom. The summed E-state index contributed by atoms with van der Waals surface area (Å²) in [6, 6.07) is 6.12. The van der Waals surface area contributed by atoms with Crippen LogP contribution < -0.4 is 5.73 Å². The van der Waals surface area contributed by atoms with E-state index in [0.717, 1.165) is 41.7 Å². The maximum Gasteiger partial charge on any atom is 0.192 e. The van der Waals surface area contributed by atoms with Gasteiger partial charge < -0.3 is 10.2 Å². The van der Waals surface area contributed by atoms with Gasteiger partial charge in [0, 0.05) is 31.3 Å². The summed E-state index contributed by atoms with van der Waals surface area (Å²) < 4.78 is 7.63. The van der Waals surface area contributed by atoms with Gasteiger partial charge in [0.05, 0.1) is 5.69 Å². The van der Waals surface area contributed by atoms with E-state index in [4.69, 9.17) is 10.2 Å². The van der Waals surface area contributed by atoms with Gasteiger partial charge in [0.15, 0.2) is 11.5 Å². The molecule has 0 spiro atoms. The van der Waals surface area contributed by atoms with Crippen molar-refractivity contribution in [2.45, 2.75) is 32.9 Å². The van der Waals surface area contributed by atoms with Crippen LogP contribution in [-0.2, 0) is 19.5 Å². The first-order valence-electron chi connectivity index (χ1n) is 6.92. The molecule has 0 amide bonds. The first-order valence-corrected chi connectivity index (χ1v) is 6.92. The molecule has 2 aromatic heterocycles. The van der Waals surface area contributed by atoms with Crippen molar-refractivity contribution in [3.05, 3.63) is 35.5 Å². The van der Waals surface area contributed by atoms with E-state index >= 15 is 0 Å². The van der Waals surface area contributed by atoms with Crippen LogP contribution >= 0.6 is 0 Å². The SMILES string of the molecule is Cc1nc2cc(-c3c(CN)nn4c3CCC4)ccc2o1. The van der Waals surface area contributed by atoms with Crippen molar-refractivity contribution in [2.24, 2.45) is 5.73 Å². The van der Waals surface area contributed by atoms with Crippen molar-refractivity contribution in [1.82, 2.24) is 14.8 Å². The number of aryl methyl sites for hydroxylation is 2. The van der Waals surface area contributed by atoms with E-state index in [1.807, 2.05) is 13.0 Å². The van der Waals surface area contributed by atoms with Crippen LogP contribution in [0.15, 0.2) is 22.6 Å². The summed E-state index contributed by atoms with van der Waals surface area (Å²) in [5.41, 5.74) is 12.2. The fourth-order valence-electron chi connectivity index (χ4n) is 3.06. The van der Waals surface area contributed by atoms with E-state index in [0.29, 0.717) is 12.4 Å². The highest BCUT2D eigenvalue weighted by molar-refractivity contribution is 5.82. The van der Waals surface area contributed by atoms with Gasteiger partial charge in [0.2, 0.25) is 0 Å². The van der Waals surface area contributed by atoms with Crippen LogP contribution in [0.5, 0.6) is 0 Å². The molecule has 1 aliphatic heterocycles. The maximum absolute atomic E-state index is 5.86. The number of fused-ring (bicyclic) bond motifs is 2. The smallest absolute Gasteiger partial charge is 0.192 e. The normalized spacial score (nSPS) is 14.1. The summed E-state index contributed by atoms with van der Waals surface area (Å²) in [5, 5.41) is 4.62. The lowest BCUT2D eigenvalue weighted by Crippen LogP contribution is -2.01. The van der Waals surface area contributed by atoms with Gasteiger partial charge in [0.25, 0.3) is 0 Å². The number of oxazole rings is 1. The lowest BCUT2D eigenvalue weighted by molar-refractivity contribution is 0.561. The molecule has 0 radical (unpaired) electrons. The quantitative estimate of drug-likeness (QED) is 0.774. The van der Waals surface area contributed by atoms with E-state index < -0.39 is 0 Å². The fourth-order valence-corrected chi connectivity index (χ4v) is 3.06. The lowest BCUT2D eigenvalue weighted by Gasteiger charge is -2.03. The van der Waals surface area contributed by atoms with Crippen molar-refractivity contribution in [1.29, 1.82) is 0 Å². The highest BCUT2D eigenvalue weighted by Crippen LogP contribution is 2.33. The molecular weight excluding hydrogens is 252 g/mol. The summed E-state index contributed by atoms with van der Waals surface area (Å²) >= 11 is 0. The lowest BCUT2D eigenvalue weighted by atomic mass is 10.0. The molecule has 4 rings (SSSR count). The van der Waals surface area contributed by atoms with Gasteiger partial charge in [-0.15, -0.1) is 0 Å². The molecule has 1 aromatic carbocycles. The zero-order chi connectivity index (χ0) is 13.7. The van der Waals surface area contributed by atoms with E-state index in [9.17, 15) is 0 Å². The molecule has 0 aliphatic carbocycles. The van der Waals surface area contributed by atoms with Crippen LogP contribution in [0.3, 0.4) is 0 Å². The molecule has 1 aliphatic rings. The Morgan fingerprint density at radius 3 is 3.15 bits per heavy atom. The van der Waals surface area contributed by atoms with Gasteiger partial charge in [0.1, 0.15) is 5.52 Å². The monoisotopic (exact) mass is 268 g/mol. The molecule has 3 heterocycles. The zero-order valence-electron chi connectivity index (χ0n) is 11.4. The third-order valence-corrected chi connectivity index (χ3v) is 3.89. The number of hydrogen-bond donors (Lipinski definition) is 1. The van der Waals surface area contributed by atoms with Crippen LogP contribution in [0.25, 0.3) is 22.2 Å². The van der Waals surface area contributed by atoms with Crippen molar-refractivity contribution in [2.75, 3.05) is 0 Å². The molecule has 0 atom stereocenters. The minimum atomic E-state index is 0.464. The summed E-state index contributed by atoms with van der Waals surface area (Å²) in [6.45, 7) is 3.32. The maximum atomic E-state index is 5.86. The molecule has 3 aromatic rings. The van der Waals surface area contributed by atoms with Crippen LogP contribution in [0, 0.1) is 6.92 Å². The number of rotatable bonds is 2. The topological polar surface area (TPSA) is 69.9 Å². The van der Waals surface area contributed by atoms with Crippen molar-refractivity contribution in [3.8, 4) is 11.1 Å². The van der Waals surface area contributed by atoms with E-state index in [1.165, 1.54) is 11.3 Å². The molecule has 0 fully saturated rings. The Balaban J connectivity index is 1.94. The summed E-state index contributed by atoms with van der Waals surface area (Å²) in [4.78, 5) is 4.41. The first-order chi connectivity index (χ1) is 9.76. The Bertz CT molecular complexity index is 800. The minimum Gasteiger partial charge on any atom is -0.441 e. The van der Waals surface area contributed by atoms with Gasteiger partial charge in [-0.3, -0.25) is 4.68 Å². The third-order valence-electron chi connectivity index (χ3n) is 3.89. The van der Waals surface area contributed by atoms with Gasteiger partial charge in [-0.25, -0.2) is 4.98 Å². The van der Waals surface area contributed by atoms with Crippen molar-refractivity contribution in [3.63, 3.8) is 0 Å². The standard InChI is InChI=1S/C15H16N4O/c1-9-17-11-7-10(4-5-14(11)20-9)15-12(8-16)18-19-6-2-3-13(15)19/h4-5,7H,2-3,6,8,16H2,1H3. The molecule has 20 heavy (non-hydrogen) atoms. The van der Waals surface area contributed by atoms with E-state index in [-0.39, 0.29) is 0 Å². The number of nitrogens with zero attached hydrogens (tertiary/aromatic N) is 3. The zero-order valence-corrected chi connectivity index (χ0v) is 11.4. The van der Waals surface area contributed by atoms with Gasteiger partial charge in [-0.2, -0.15) is 5.10 Å². The summed E-state index contributed by atoms with van der Waals surface area (Å²) in [5.74, 6) is 0.691. The molecule has 5 heteroatoms. The number of hydrogen-bond acceptors (Lipinski definition) is 4. The fraction of sp³-hybridized carbons (Fsp3) is 0.333. The molecule has 2 N–H and O–H groups in total. The number of nitrogens with two attached hydrogens (primary N) is 1. The predicted octanol–water partition coefficient (Wildman–Crippen LogP) is 2.40. The second kappa shape index (κ2) is 4.18.